The van der Waals surface area contributed by atoms with Crippen LogP contribution in [0.1, 0.15) is 63.2 Å². The highest BCUT2D eigenvalue weighted by Gasteiger charge is 2.32. The SMILES string of the molecule is Cc1sc2c(c1C)C(c1ccc(Cl)cc1)=NC(CC(=O)NCCC(=O)Nc1ccc(C#CCN)c(CO)c1)c1nnc(C)n1-2. The minimum Gasteiger partial charge on any atom is -0.392 e. The Balaban J connectivity index is 1.31. The van der Waals surface area contributed by atoms with E-state index in [0.29, 0.717) is 33.5 Å². The van der Waals surface area contributed by atoms with Crippen molar-refractivity contribution in [3.05, 3.63) is 91.8 Å². The Morgan fingerprint density at radius 2 is 1.89 bits per heavy atom. The number of rotatable bonds is 8. The molecule has 0 saturated carbocycles. The Morgan fingerprint density at radius 3 is 2.61 bits per heavy atom. The van der Waals surface area contributed by atoms with Crippen LogP contribution in [-0.2, 0) is 16.2 Å². The Kier molecular flexibility index (Phi) is 9.56. The first-order chi connectivity index (χ1) is 21.2. The van der Waals surface area contributed by atoms with Gasteiger partial charge in [0.15, 0.2) is 5.82 Å². The maximum atomic E-state index is 13.2. The minimum atomic E-state index is -0.604. The number of carbonyl (C=O) groups excluding carboxylic acids is 2. The van der Waals surface area contributed by atoms with Gasteiger partial charge in [0.05, 0.1) is 25.3 Å². The molecule has 2 aromatic heterocycles. The number of hydrogen-bond acceptors (Lipinski definition) is 8. The first kappa shape index (κ1) is 31.1. The summed E-state index contributed by atoms with van der Waals surface area (Å²) in [5.41, 5.74) is 10.9. The summed E-state index contributed by atoms with van der Waals surface area (Å²) in [6.45, 7) is 6.15. The average Bonchev–Trinajstić information content (AvgIpc) is 3.48. The van der Waals surface area contributed by atoms with Gasteiger partial charge in [-0.1, -0.05) is 35.6 Å². The van der Waals surface area contributed by atoms with Crippen LogP contribution in [0.5, 0.6) is 0 Å². The number of fused-ring (bicyclic) bond motifs is 3. The third-order valence-corrected chi connectivity index (χ3v) is 8.74. The third-order valence-electron chi connectivity index (χ3n) is 7.29. The van der Waals surface area contributed by atoms with Gasteiger partial charge in [0.25, 0.3) is 0 Å². The van der Waals surface area contributed by atoms with Gasteiger partial charge in [-0.2, -0.15) is 0 Å². The van der Waals surface area contributed by atoms with E-state index in [-0.39, 0.29) is 44.4 Å². The van der Waals surface area contributed by atoms with Gasteiger partial charge in [-0.25, -0.2) is 0 Å². The Morgan fingerprint density at radius 1 is 1.11 bits per heavy atom. The zero-order valence-corrected chi connectivity index (χ0v) is 26.1. The summed E-state index contributed by atoms with van der Waals surface area (Å²) in [6.07, 6.45) is 0.0822. The number of carbonyl (C=O) groups is 2. The summed E-state index contributed by atoms with van der Waals surface area (Å²) in [6, 6.07) is 12.0. The molecule has 12 heteroatoms. The van der Waals surface area contributed by atoms with Gasteiger partial charge < -0.3 is 21.5 Å². The molecular formula is C32H32ClN7O3S. The van der Waals surface area contributed by atoms with Crippen LogP contribution in [0.3, 0.4) is 0 Å². The lowest BCUT2D eigenvalue weighted by molar-refractivity contribution is -0.121. The summed E-state index contributed by atoms with van der Waals surface area (Å²) in [7, 11) is 0. The van der Waals surface area contributed by atoms with Gasteiger partial charge in [0.2, 0.25) is 11.8 Å². The van der Waals surface area contributed by atoms with E-state index in [1.54, 1.807) is 29.5 Å². The molecule has 10 nitrogen and oxygen atoms in total. The van der Waals surface area contributed by atoms with Crippen molar-refractivity contribution in [3.63, 3.8) is 0 Å². The number of aliphatic hydroxyl groups excluding tert-OH is 1. The number of hydrogen-bond donors (Lipinski definition) is 4. The van der Waals surface area contributed by atoms with Crippen molar-refractivity contribution < 1.29 is 14.7 Å². The molecule has 0 spiro atoms. The molecule has 3 heterocycles. The fourth-order valence-corrected chi connectivity index (χ4v) is 6.33. The summed E-state index contributed by atoms with van der Waals surface area (Å²) < 4.78 is 1.99. The van der Waals surface area contributed by atoms with Crippen molar-refractivity contribution in [2.45, 2.75) is 46.3 Å². The average molecular weight is 630 g/mol. The molecule has 2 amide bonds. The van der Waals surface area contributed by atoms with Crippen molar-refractivity contribution in [3.8, 4) is 16.8 Å². The quantitative estimate of drug-likeness (QED) is 0.215. The molecule has 0 radical (unpaired) electrons. The molecule has 1 aliphatic rings. The first-order valence-electron chi connectivity index (χ1n) is 14.1. The van der Waals surface area contributed by atoms with Crippen LogP contribution < -0.4 is 16.4 Å². The standard InChI is InChI=1S/C32H32ClN7O3S/c1-18-19(2)44-32-29(18)30(22-6-9-24(33)10-7-22)37-26(31-39-38-20(3)40(31)32)16-28(43)35-14-12-27(42)36-25-11-8-21(5-4-13-34)23(15-25)17-41/h6-11,15,26,41H,12-14,16-17,34H2,1-3H3,(H,35,43)(H,36,42). The number of aliphatic hydroxyl groups is 1. The maximum Gasteiger partial charge on any atom is 0.226 e. The molecule has 1 aliphatic heterocycles. The highest BCUT2D eigenvalue weighted by molar-refractivity contribution is 7.15. The van der Waals surface area contributed by atoms with Crippen LogP contribution in [0, 0.1) is 32.6 Å². The van der Waals surface area contributed by atoms with E-state index in [2.05, 4.69) is 46.5 Å². The fourth-order valence-electron chi connectivity index (χ4n) is 4.99. The van der Waals surface area contributed by atoms with Gasteiger partial charge in [-0.15, -0.1) is 21.5 Å². The number of benzene rings is 2. The van der Waals surface area contributed by atoms with E-state index >= 15 is 0 Å². The Bertz CT molecular complexity index is 1820. The van der Waals surface area contributed by atoms with Gasteiger partial charge in [-0.3, -0.25) is 19.1 Å². The summed E-state index contributed by atoms with van der Waals surface area (Å²) >= 11 is 7.83. The van der Waals surface area contributed by atoms with Crippen LogP contribution in [0.15, 0.2) is 47.5 Å². The van der Waals surface area contributed by atoms with E-state index in [9.17, 15) is 14.7 Å². The molecule has 44 heavy (non-hydrogen) atoms. The van der Waals surface area contributed by atoms with E-state index < -0.39 is 6.04 Å². The normalized spacial score (nSPS) is 13.6. The molecule has 1 atom stereocenters. The number of nitrogens with zero attached hydrogens (tertiary/aromatic N) is 4. The molecule has 0 fully saturated rings. The van der Waals surface area contributed by atoms with E-state index in [1.807, 2.05) is 35.8 Å². The molecule has 5 rings (SSSR count). The first-order valence-corrected chi connectivity index (χ1v) is 15.2. The number of anilines is 1. The highest BCUT2D eigenvalue weighted by atomic mass is 35.5. The summed E-state index contributed by atoms with van der Waals surface area (Å²) in [4.78, 5) is 32.1. The van der Waals surface area contributed by atoms with Crippen LogP contribution in [0.2, 0.25) is 5.02 Å². The molecule has 5 N–H and O–H groups in total. The zero-order chi connectivity index (χ0) is 31.4. The molecule has 0 saturated heterocycles. The predicted molar refractivity (Wildman–Crippen MR) is 172 cm³/mol. The molecule has 2 aromatic carbocycles. The van der Waals surface area contributed by atoms with Crippen molar-refractivity contribution in [1.29, 1.82) is 0 Å². The predicted octanol–water partition coefficient (Wildman–Crippen LogP) is 4.14. The number of nitrogens with two attached hydrogens (primary N) is 1. The lowest BCUT2D eigenvalue weighted by Gasteiger charge is -2.13. The Labute approximate surface area is 264 Å². The number of aromatic nitrogens is 3. The lowest BCUT2D eigenvalue weighted by atomic mass is 9.99. The largest absolute Gasteiger partial charge is 0.392 e. The van der Waals surface area contributed by atoms with Crippen LogP contribution in [0.25, 0.3) is 5.00 Å². The highest BCUT2D eigenvalue weighted by Crippen LogP contribution is 2.39. The van der Waals surface area contributed by atoms with Crippen LogP contribution in [-0.4, -0.2) is 50.5 Å². The third kappa shape index (κ3) is 6.59. The smallest absolute Gasteiger partial charge is 0.226 e. The van der Waals surface area contributed by atoms with Crippen LogP contribution in [0.4, 0.5) is 5.69 Å². The number of aryl methyl sites for hydroxylation is 2. The second-order valence-electron chi connectivity index (χ2n) is 10.3. The molecular weight excluding hydrogens is 598 g/mol. The fraction of sp³-hybridized carbons (Fsp3) is 0.281. The molecule has 0 bridgehead atoms. The van der Waals surface area contributed by atoms with Crippen molar-refractivity contribution in [1.82, 2.24) is 20.1 Å². The minimum absolute atomic E-state index is 0.0228. The Hall–Kier alpha value is -4.34. The second kappa shape index (κ2) is 13.5. The zero-order valence-electron chi connectivity index (χ0n) is 24.6. The van der Waals surface area contributed by atoms with E-state index in [1.165, 1.54) is 0 Å². The number of amides is 2. The van der Waals surface area contributed by atoms with Crippen molar-refractivity contribution in [2.75, 3.05) is 18.4 Å². The van der Waals surface area contributed by atoms with Gasteiger partial charge >= 0.3 is 0 Å². The maximum absolute atomic E-state index is 13.2. The molecule has 1 unspecified atom stereocenters. The van der Waals surface area contributed by atoms with Gasteiger partial charge in [-0.05, 0) is 62.2 Å². The molecule has 0 aliphatic carbocycles. The van der Waals surface area contributed by atoms with Crippen LogP contribution >= 0.6 is 22.9 Å². The lowest BCUT2D eigenvalue weighted by Crippen LogP contribution is -2.29. The van der Waals surface area contributed by atoms with E-state index in [0.717, 1.165) is 32.3 Å². The molecule has 4 aromatic rings. The van der Waals surface area contributed by atoms with Gasteiger partial charge in [0.1, 0.15) is 16.9 Å². The number of nitrogens with one attached hydrogen (secondary N) is 2. The number of aliphatic imine (C=N–C) groups is 1. The van der Waals surface area contributed by atoms with E-state index in [4.69, 9.17) is 22.3 Å². The van der Waals surface area contributed by atoms with Gasteiger partial charge in [0, 0.05) is 45.2 Å². The summed E-state index contributed by atoms with van der Waals surface area (Å²) in [5.74, 6) is 6.40. The second-order valence-corrected chi connectivity index (χ2v) is 11.9. The monoisotopic (exact) mass is 629 g/mol. The topological polar surface area (TPSA) is 148 Å². The summed E-state index contributed by atoms with van der Waals surface area (Å²) in [5, 5.41) is 25.7. The molecule has 226 valence electrons. The number of thiophene rings is 1. The van der Waals surface area contributed by atoms with Crippen molar-refractivity contribution >= 4 is 46.2 Å². The number of halogens is 1. The van der Waals surface area contributed by atoms with Crippen molar-refractivity contribution in [2.24, 2.45) is 10.7 Å².